The molecule has 4 heterocycles. The predicted octanol–water partition coefficient (Wildman–Crippen LogP) is 4.34. The lowest BCUT2D eigenvalue weighted by Crippen LogP contribution is -2.47. The second-order valence-corrected chi connectivity index (χ2v) is 8.58. The largest absolute Gasteiger partial charge is 0.365 e. The summed E-state index contributed by atoms with van der Waals surface area (Å²) in [5, 5.41) is 4.36. The molecule has 0 spiro atoms. The number of hydrogen-bond donors (Lipinski definition) is 2. The zero-order valence-corrected chi connectivity index (χ0v) is 16.6. The molecule has 0 saturated heterocycles. The molecule has 0 aromatic carbocycles. The van der Waals surface area contributed by atoms with Gasteiger partial charge in [0.1, 0.15) is 17.0 Å². The van der Waals surface area contributed by atoms with Crippen molar-refractivity contribution in [3.05, 3.63) is 36.7 Å². The van der Waals surface area contributed by atoms with Crippen molar-refractivity contribution >= 4 is 28.0 Å². The van der Waals surface area contributed by atoms with Crippen LogP contribution in [-0.2, 0) is 0 Å². The maximum Gasteiger partial charge on any atom is 0.184 e. The smallest absolute Gasteiger partial charge is 0.184 e. The Kier molecular flexibility index (Phi) is 3.94. The Morgan fingerprint density at radius 1 is 1.03 bits per heavy atom. The van der Waals surface area contributed by atoms with Gasteiger partial charge in [-0.25, -0.2) is 29.3 Å². The third-order valence-corrected chi connectivity index (χ3v) is 7.01. The van der Waals surface area contributed by atoms with Crippen LogP contribution >= 0.6 is 0 Å². The number of pyridine rings is 1. The monoisotopic (exact) mass is 403 g/mol. The molecule has 7 nitrogen and oxygen atoms in total. The van der Waals surface area contributed by atoms with Gasteiger partial charge in [0.15, 0.2) is 17.3 Å². The Hall–Kier alpha value is -3.16. The first-order valence-corrected chi connectivity index (χ1v) is 10.6. The fraction of sp³-hybridized carbons (Fsp3) is 0.409. The van der Waals surface area contributed by atoms with E-state index in [-0.39, 0.29) is 0 Å². The van der Waals surface area contributed by atoms with Gasteiger partial charge in [-0.1, -0.05) is 6.92 Å². The van der Waals surface area contributed by atoms with E-state index in [9.17, 15) is 4.39 Å². The number of aromatic amines is 1. The van der Waals surface area contributed by atoms with Crippen LogP contribution in [0.1, 0.15) is 32.6 Å². The van der Waals surface area contributed by atoms with E-state index in [1.165, 1.54) is 37.9 Å². The van der Waals surface area contributed by atoms with Gasteiger partial charge in [0.05, 0.1) is 6.20 Å². The van der Waals surface area contributed by atoms with Gasteiger partial charge in [-0.2, -0.15) is 0 Å². The van der Waals surface area contributed by atoms with Crippen molar-refractivity contribution in [3.63, 3.8) is 0 Å². The van der Waals surface area contributed by atoms with E-state index < -0.39 is 5.82 Å². The molecule has 3 fully saturated rings. The number of aromatic nitrogens is 6. The van der Waals surface area contributed by atoms with Gasteiger partial charge in [0.2, 0.25) is 0 Å². The van der Waals surface area contributed by atoms with E-state index in [1.54, 1.807) is 18.6 Å². The molecule has 4 aromatic heterocycles. The van der Waals surface area contributed by atoms with Crippen molar-refractivity contribution in [2.75, 3.05) is 5.32 Å². The second kappa shape index (κ2) is 6.68. The summed E-state index contributed by atoms with van der Waals surface area (Å²) in [5.41, 5.74) is 2.49. The van der Waals surface area contributed by atoms with Crippen molar-refractivity contribution < 1.29 is 4.39 Å². The first-order valence-electron chi connectivity index (χ1n) is 10.6. The highest BCUT2D eigenvalue weighted by Gasteiger charge is 2.41. The number of anilines is 1. The first kappa shape index (κ1) is 17.7. The first-order chi connectivity index (χ1) is 14.7. The van der Waals surface area contributed by atoms with Gasteiger partial charge in [-0.15, -0.1) is 0 Å². The van der Waals surface area contributed by atoms with Crippen LogP contribution in [-0.4, -0.2) is 35.9 Å². The zero-order valence-electron chi connectivity index (χ0n) is 16.6. The number of fused-ring (bicyclic) bond motifs is 5. The van der Waals surface area contributed by atoms with Crippen molar-refractivity contribution in [2.24, 2.45) is 17.8 Å². The van der Waals surface area contributed by atoms with Gasteiger partial charge in [0.25, 0.3) is 0 Å². The number of H-pyrrole nitrogens is 1. The van der Waals surface area contributed by atoms with Crippen LogP contribution < -0.4 is 5.32 Å². The van der Waals surface area contributed by atoms with Crippen molar-refractivity contribution in [1.29, 1.82) is 0 Å². The van der Waals surface area contributed by atoms with Crippen molar-refractivity contribution in [3.8, 4) is 11.4 Å². The molecular weight excluding hydrogens is 381 g/mol. The van der Waals surface area contributed by atoms with Gasteiger partial charge < -0.3 is 10.3 Å². The molecule has 152 valence electrons. The van der Waals surface area contributed by atoms with E-state index in [4.69, 9.17) is 4.98 Å². The highest BCUT2D eigenvalue weighted by molar-refractivity contribution is 5.93. The molecule has 0 amide bonds. The lowest BCUT2D eigenvalue weighted by atomic mass is 9.62. The van der Waals surface area contributed by atoms with Crippen LogP contribution in [0.4, 0.5) is 10.2 Å². The Bertz CT molecular complexity index is 1240. The molecule has 3 saturated carbocycles. The van der Waals surface area contributed by atoms with Crippen LogP contribution in [0.5, 0.6) is 0 Å². The quantitative estimate of drug-likeness (QED) is 0.529. The summed E-state index contributed by atoms with van der Waals surface area (Å²) in [6.07, 6.45) is 11.4. The van der Waals surface area contributed by atoms with Gasteiger partial charge in [0, 0.05) is 35.6 Å². The Morgan fingerprint density at radius 2 is 1.83 bits per heavy atom. The summed E-state index contributed by atoms with van der Waals surface area (Å²) in [6, 6.07) is 1.82. The van der Waals surface area contributed by atoms with Crippen molar-refractivity contribution in [2.45, 2.75) is 38.6 Å². The minimum absolute atomic E-state index is 0.368. The fourth-order valence-electron chi connectivity index (χ4n) is 5.41. The molecule has 3 aliphatic rings. The second-order valence-electron chi connectivity index (χ2n) is 8.58. The molecule has 7 rings (SSSR count). The predicted molar refractivity (Wildman–Crippen MR) is 112 cm³/mol. The molecule has 30 heavy (non-hydrogen) atoms. The summed E-state index contributed by atoms with van der Waals surface area (Å²) >= 11 is 0. The number of halogens is 1. The van der Waals surface area contributed by atoms with E-state index in [2.05, 4.69) is 37.2 Å². The topological polar surface area (TPSA) is 92.3 Å². The normalized spacial score (nSPS) is 25.8. The van der Waals surface area contributed by atoms with E-state index in [0.717, 1.165) is 5.92 Å². The highest BCUT2D eigenvalue weighted by Crippen LogP contribution is 2.46. The molecule has 8 heteroatoms. The molecule has 2 atom stereocenters. The van der Waals surface area contributed by atoms with Crippen LogP contribution in [0.3, 0.4) is 0 Å². The molecule has 2 unspecified atom stereocenters. The lowest BCUT2D eigenvalue weighted by Gasteiger charge is -2.47. The molecule has 3 aliphatic carbocycles. The highest BCUT2D eigenvalue weighted by atomic mass is 19.1. The van der Waals surface area contributed by atoms with Crippen LogP contribution in [0, 0.1) is 23.6 Å². The summed E-state index contributed by atoms with van der Waals surface area (Å²) in [5.74, 6) is 2.81. The summed E-state index contributed by atoms with van der Waals surface area (Å²) in [7, 11) is 0. The van der Waals surface area contributed by atoms with Gasteiger partial charge in [-0.05, 0) is 49.5 Å². The van der Waals surface area contributed by atoms with Crippen LogP contribution in [0.25, 0.3) is 33.6 Å². The minimum atomic E-state index is -0.394. The molecule has 0 radical (unpaired) electrons. The molecule has 2 N–H and O–H groups in total. The zero-order chi connectivity index (χ0) is 20.2. The Labute approximate surface area is 172 Å². The van der Waals surface area contributed by atoms with Crippen LogP contribution in [0.15, 0.2) is 30.9 Å². The van der Waals surface area contributed by atoms with Gasteiger partial charge >= 0.3 is 0 Å². The minimum Gasteiger partial charge on any atom is -0.365 e. The maximum absolute atomic E-state index is 13.8. The van der Waals surface area contributed by atoms with E-state index in [0.29, 0.717) is 57.3 Å². The number of hydrogen-bond acceptors (Lipinski definition) is 6. The summed E-state index contributed by atoms with van der Waals surface area (Å²) in [4.78, 5) is 25.6. The number of nitrogens with zero attached hydrogens (tertiary/aromatic N) is 5. The van der Waals surface area contributed by atoms with E-state index in [1.807, 2.05) is 0 Å². The third kappa shape index (κ3) is 2.74. The lowest BCUT2D eigenvalue weighted by molar-refractivity contribution is 0.0928. The fourth-order valence-corrected chi connectivity index (χ4v) is 5.41. The third-order valence-electron chi connectivity index (χ3n) is 7.01. The molecular formula is C22H22FN7. The average molecular weight is 403 g/mol. The number of nitrogens with one attached hydrogen (secondary N) is 2. The average Bonchev–Trinajstić information content (AvgIpc) is 3.19. The summed E-state index contributed by atoms with van der Waals surface area (Å²) in [6.45, 7) is 2.34. The Balaban J connectivity index is 1.48. The van der Waals surface area contributed by atoms with E-state index >= 15 is 0 Å². The number of rotatable bonds is 3. The Morgan fingerprint density at radius 3 is 2.67 bits per heavy atom. The molecule has 0 aliphatic heterocycles. The molecule has 4 aromatic rings. The summed E-state index contributed by atoms with van der Waals surface area (Å²) < 4.78 is 13.8. The molecule has 2 bridgehead atoms. The van der Waals surface area contributed by atoms with Crippen molar-refractivity contribution in [1.82, 2.24) is 29.9 Å². The van der Waals surface area contributed by atoms with Crippen LogP contribution in [0.2, 0.25) is 0 Å². The SMILES string of the molecule is CC1C2CCC(CC2)C1Nc1nc(-c2c[nH]c3ncc(F)cc23)nc2nccnc12. The standard InChI is InChI=1S/C22H22FN7/c1-11-12-2-4-13(5-3-12)17(11)28-22-18-21(25-7-6-24-18)29-20(30-22)16-10-27-19-15(16)8-14(23)9-26-19/h6-13,17H,2-5H2,1H3,(H,26,27)(H,25,28,29,30). The maximum atomic E-state index is 13.8. The van der Waals surface area contributed by atoms with Gasteiger partial charge in [-0.3, -0.25) is 0 Å².